The Bertz CT molecular complexity index is 1330. The van der Waals surface area contributed by atoms with E-state index in [-0.39, 0.29) is 56.4 Å². The number of unbranched alkanes of at least 4 members (excludes halogenated alkanes) is 1. The Morgan fingerprint density at radius 3 is 2.36 bits per heavy atom. The molecule has 2 amide bonds. The van der Waals surface area contributed by atoms with Crippen LogP contribution in [-0.4, -0.2) is 116 Å². The van der Waals surface area contributed by atoms with E-state index in [1.165, 1.54) is 11.0 Å². The van der Waals surface area contributed by atoms with Gasteiger partial charge in [0, 0.05) is 50.8 Å². The summed E-state index contributed by atoms with van der Waals surface area (Å²) in [4.78, 5) is 81.0. The fourth-order valence-electron chi connectivity index (χ4n) is 4.58. The first-order chi connectivity index (χ1) is 20.9. The van der Waals surface area contributed by atoms with Crippen molar-refractivity contribution in [2.24, 2.45) is 0 Å². The molecule has 240 valence electrons. The number of carboxylic acid groups (broad SMARTS) is 1. The number of benzene rings is 1. The van der Waals surface area contributed by atoms with E-state index in [0.717, 1.165) is 0 Å². The van der Waals surface area contributed by atoms with Gasteiger partial charge in [-0.1, -0.05) is 30.3 Å². The molecule has 0 saturated carbocycles. The normalized spacial score (nSPS) is 14.5. The van der Waals surface area contributed by atoms with Crippen molar-refractivity contribution in [3.05, 3.63) is 42.1 Å². The fourth-order valence-corrected chi connectivity index (χ4v) is 5.30. The molecule has 1 aliphatic rings. The number of rotatable bonds is 16. The molecule has 5 N–H and O–H groups in total. The van der Waals surface area contributed by atoms with E-state index in [4.69, 9.17) is 9.84 Å². The topological polar surface area (TPSA) is 212 Å². The Morgan fingerprint density at radius 2 is 1.73 bits per heavy atom. The molecule has 0 spiro atoms. The van der Waals surface area contributed by atoms with E-state index in [0.29, 0.717) is 38.0 Å². The second-order valence-corrected chi connectivity index (χ2v) is 11.9. The number of nitrogens with zero attached hydrogens (tertiary/aromatic N) is 4. The zero-order chi connectivity index (χ0) is 32.1. The molecular weight excluding hydrogens is 595 g/mol. The number of hydrogen-bond donors (Lipinski definition) is 5. The lowest BCUT2D eigenvalue weighted by molar-refractivity contribution is -0.142. The first-order valence-electron chi connectivity index (χ1n) is 14.4. The zero-order valence-electron chi connectivity index (χ0n) is 24.6. The average Bonchev–Trinajstić information content (AvgIpc) is 2.98. The predicted molar refractivity (Wildman–Crippen MR) is 160 cm³/mol. The van der Waals surface area contributed by atoms with Gasteiger partial charge < -0.3 is 35.2 Å². The van der Waals surface area contributed by atoms with Crippen LogP contribution in [0.15, 0.2) is 36.4 Å². The molecule has 1 atom stereocenters. The van der Waals surface area contributed by atoms with Gasteiger partial charge in [0.05, 0.1) is 19.2 Å². The minimum Gasteiger partial charge on any atom is -0.481 e. The van der Waals surface area contributed by atoms with Crippen LogP contribution in [0.5, 0.6) is 0 Å². The largest absolute Gasteiger partial charge is 0.481 e. The third-order valence-corrected chi connectivity index (χ3v) is 7.59. The molecule has 2 heterocycles. The highest BCUT2D eigenvalue weighted by Crippen LogP contribution is 2.35. The third kappa shape index (κ3) is 11.6. The minimum atomic E-state index is -4.72. The van der Waals surface area contributed by atoms with Gasteiger partial charge in [-0.25, -0.2) is 9.97 Å². The van der Waals surface area contributed by atoms with E-state index in [2.05, 4.69) is 25.5 Å². The van der Waals surface area contributed by atoms with Gasteiger partial charge in [0.25, 0.3) is 5.91 Å². The van der Waals surface area contributed by atoms with Crippen molar-refractivity contribution in [3.63, 3.8) is 0 Å². The maximum atomic E-state index is 13.4. The summed E-state index contributed by atoms with van der Waals surface area (Å²) < 4.78 is 16.9. The number of esters is 1. The van der Waals surface area contributed by atoms with Crippen molar-refractivity contribution < 1.29 is 43.4 Å². The molecule has 15 nitrogen and oxygen atoms in total. The van der Waals surface area contributed by atoms with Crippen molar-refractivity contribution in [1.29, 1.82) is 0 Å². The lowest BCUT2D eigenvalue weighted by Gasteiger charge is -2.36. The van der Waals surface area contributed by atoms with Crippen LogP contribution in [0.3, 0.4) is 0 Å². The number of aromatic nitrogens is 2. The molecule has 0 radical (unpaired) electrons. The molecule has 44 heavy (non-hydrogen) atoms. The maximum Gasteiger partial charge on any atom is 0.328 e. The van der Waals surface area contributed by atoms with Gasteiger partial charge in [0.15, 0.2) is 5.82 Å². The van der Waals surface area contributed by atoms with Gasteiger partial charge in [0.2, 0.25) is 5.91 Å². The Morgan fingerprint density at radius 1 is 1.02 bits per heavy atom. The van der Waals surface area contributed by atoms with Crippen LogP contribution in [0.4, 0.5) is 5.82 Å². The van der Waals surface area contributed by atoms with Gasteiger partial charge in [0.1, 0.15) is 17.6 Å². The number of piperazine rings is 1. The molecule has 0 aliphatic carbocycles. The SMILES string of the molecule is CCOC(=O)CCNc1cc(C(=O)N[C@@H](CP(=O)(O)O)C(=O)N2CCN(CCCCC(=O)O)CC2)nc(-c2ccccc2)n1. The molecule has 0 unspecified atom stereocenters. The number of carboxylic acids is 1. The van der Waals surface area contributed by atoms with Crippen molar-refractivity contribution in [2.75, 3.05) is 57.4 Å². The van der Waals surface area contributed by atoms with E-state index in [1.54, 1.807) is 37.3 Å². The Balaban J connectivity index is 1.73. The van der Waals surface area contributed by atoms with E-state index < -0.39 is 43.6 Å². The first-order valence-corrected chi connectivity index (χ1v) is 16.2. The van der Waals surface area contributed by atoms with Gasteiger partial charge in [-0.05, 0) is 26.3 Å². The average molecular weight is 635 g/mol. The molecular formula is C28H39N6O9P. The summed E-state index contributed by atoms with van der Waals surface area (Å²) in [5.41, 5.74) is 0.450. The van der Waals surface area contributed by atoms with Crippen molar-refractivity contribution in [2.45, 2.75) is 38.6 Å². The quantitative estimate of drug-likeness (QED) is 0.0999. The van der Waals surface area contributed by atoms with Gasteiger partial charge in [-0.15, -0.1) is 0 Å². The summed E-state index contributed by atoms with van der Waals surface area (Å²) in [6.45, 7) is 4.35. The summed E-state index contributed by atoms with van der Waals surface area (Å²) >= 11 is 0. The highest BCUT2D eigenvalue weighted by Gasteiger charge is 2.34. The third-order valence-electron chi connectivity index (χ3n) is 6.75. The first kappa shape index (κ1) is 34.6. The van der Waals surface area contributed by atoms with Crippen LogP contribution in [0, 0.1) is 0 Å². The number of nitrogens with one attached hydrogen (secondary N) is 2. The summed E-state index contributed by atoms with van der Waals surface area (Å²) in [5.74, 6) is -2.30. The van der Waals surface area contributed by atoms with Crippen molar-refractivity contribution in [3.8, 4) is 11.4 Å². The molecule has 3 rings (SSSR count). The molecule has 0 bridgehead atoms. The fraction of sp³-hybridized carbons (Fsp3) is 0.500. The Hall–Kier alpha value is -3.91. The molecule has 1 fully saturated rings. The lowest BCUT2D eigenvalue weighted by Crippen LogP contribution is -2.56. The van der Waals surface area contributed by atoms with Crippen LogP contribution in [0.1, 0.15) is 43.1 Å². The van der Waals surface area contributed by atoms with Crippen LogP contribution >= 0.6 is 7.60 Å². The summed E-state index contributed by atoms with van der Waals surface area (Å²) in [7, 11) is -4.72. The zero-order valence-corrected chi connectivity index (χ0v) is 25.4. The van der Waals surface area contributed by atoms with Gasteiger partial charge in [-0.3, -0.25) is 28.6 Å². The van der Waals surface area contributed by atoms with Gasteiger partial charge >= 0.3 is 19.5 Å². The number of carbonyl (C=O) groups excluding carboxylic acids is 3. The summed E-state index contributed by atoms with van der Waals surface area (Å²) in [6.07, 6.45) is 0.485. The molecule has 16 heteroatoms. The maximum absolute atomic E-state index is 13.4. The second kappa shape index (κ2) is 16.8. The molecule has 1 aromatic carbocycles. The standard InChI is InChI=1S/C28H39N6O9P/c1-2-43-25(37)11-12-29-23-18-21(30-26(32-23)20-8-4-3-5-9-20)27(38)31-22(19-44(40,41)42)28(39)34-16-14-33(15-17-34)13-7-6-10-24(35)36/h3-5,8-9,18,22H,2,6-7,10-17,19H2,1H3,(H,31,38)(H,35,36)(H,29,30,32)(H2,40,41,42)/t22-/m0/s1. The number of anilines is 1. The van der Waals surface area contributed by atoms with Crippen molar-refractivity contribution >= 4 is 37.2 Å². The summed E-state index contributed by atoms with van der Waals surface area (Å²) in [5, 5.41) is 14.2. The number of hydrogen-bond acceptors (Lipinski definition) is 10. The Kier molecular flexibility index (Phi) is 13.2. The van der Waals surface area contributed by atoms with Gasteiger partial charge in [-0.2, -0.15) is 0 Å². The number of carbonyl (C=O) groups is 4. The lowest BCUT2D eigenvalue weighted by atomic mass is 10.2. The molecule has 1 aliphatic heterocycles. The van der Waals surface area contributed by atoms with E-state index in [1.807, 2.05) is 0 Å². The smallest absolute Gasteiger partial charge is 0.328 e. The predicted octanol–water partition coefficient (Wildman–Crippen LogP) is 1.18. The number of ether oxygens (including phenoxy) is 1. The minimum absolute atomic E-state index is 0.0501. The Labute approximate surface area is 255 Å². The molecule has 1 saturated heterocycles. The van der Waals surface area contributed by atoms with Crippen LogP contribution in [0.2, 0.25) is 0 Å². The molecule has 2 aromatic rings. The van der Waals surface area contributed by atoms with E-state index >= 15 is 0 Å². The number of aliphatic carboxylic acids is 1. The second-order valence-electron chi connectivity index (χ2n) is 10.2. The van der Waals surface area contributed by atoms with E-state index in [9.17, 15) is 33.5 Å². The monoisotopic (exact) mass is 634 g/mol. The summed E-state index contributed by atoms with van der Waals surface area (Å²) in [6, 6.07) is 8.64. The van der Waals surface area contributed by atoms with Crippen molar-refractivity contribution in [1.82, 2.24) is 25.1 Å². The van der Waals surface area contributed by atoms with Crippen LogP contribution < -0.4 is 10.6 Å². The highest BCUT2D eigenvalue weighted by molar-refractivity contribution is 7.51. The van der Waals surface area contributed by atoms with Crippen LogP contribution in [-0.2, 0) is 23.7 Å². The number of amides is 2. The van der Waals surface area contributed by atoms with Crippen LogP contribution in [0.25, 0.3) is 11.4 Å². The highest BCUT2D eigenvalue weighted by atomic mass is 31.2. The molecule has 1 aromatic heterocycles.